The van der Waals surface area contributed by atoms with Gasteiger partial charge in [-0.15, -0.1) is 11.8 Å². The number of hydrogen-bond acceptors (Lipinski definition) is 7. The molecular formula is C22H22F3N5O3S. The Morgan fingerprint density at radius 3 is 2.35 bits per heavy atom. The number of nitrogen functional groups attached to an aromatic ring is 1. The molecular weight excluding hydrogens is 471 g/mol. The van der Waals surface area contributed by atoms with E-state index in [1.807, 2.05) is 0 Å². The van der Waals surface area contributed by atoms with Crippen molar-refractivity contribution in [3.05, 3.63) is 42.2 Å². The van der Waals surface area contributed by atoms with E-state index in [0.717, 1.165) is 12.3 Å². The van der Waals surface area contributed by atoms with E-state index in [1.165, 1.54) is 35.6 Å². The first-order chi connectivity index (χ1) is 15.9. The van der Waals surface area contributed by atoms with Gasteiger partial charge in [-0.05, 0) is 38.1 Å². The molecule has 1 fully saturated rings. The van der Waals surface area contributed by atoms with E-state index in [1.54, 1.807) is 17.7 Å². The lowest BCUT2D eigenvalue weighted by atomic mass is 9.95. The number of rotatable bonds is 4. The molecule has 3 heterocycles. The Morgan fingerprint density at radius 1 is 1.09 bits per heavy atom. The smallest absolute Gasteiger partial charge is 0.384 e. The zero-order chi connectivity index (χ0) is 25.1. The van der Waals surface area contributed by atoms with Crippen molar-refractivity contribution in [3.63, 3.8) is 0 Å². The van der Waals surface area contributed by atoms with Crippen LogP contribution in [0.5, 0.6) is 0 Å². The Morgan fingerprint density at radius 2 is 1.82 bits per heavy atom. The van der Waals surface area contributed by atoms with E-state index in [4.69, 9.17) is 5.73 Å². The summed E-state index contributed by atoms with van der Waals surface area (Å²) in [5.74, 6) is 10.1. The van der Waals surface area contributed by atoms with Gasteiger partial charge in [-0.3, -0.25) is 0 Å². The molecule has 0 unspecified atom stereocenters. The highest BCUT2D eigenvalue weighted by Gasteiger charge is 2.54. The van der Waals surface area contributed by atoms with Crippen LogP contribution in [0.3, 0.4) is 0 Å². The van der Waals surface area contributed by atoms with E-state index in [9.17, 15) is 26.7 Å². The average molecular weight is 494 g/mol. The van der Waals surface area contributed by atoms with Crippen LogP contribution >= 0.6 is 0 Å². The van der Waals surface area contributed by atoms with Gasteiger partial charge in [-0.1, -0.05) is 11.8 Å². The van der Waals surface area contributed by atoms with Gasteiger partial charge in [0.05, 0.1) is 0 Å². The van der Waals surface area contributed by atoms with Crippen molar-refractivity contribution in [3.8, 4) is 23.7 Å². The molecule has 0 saturated carbocycles. The SMILES string of the molecule is CC#C[C@H]1CN(S(=O)(=O)c2ccc(N)nc2)CCN1c1ccc([C@](O)(C#CC)C(F)(F)F)cn1. The van der Waals surface area contributed by atoms with Gasteiger partial charge in [-0.2, -0.15) is 17.5 Å². The van der Waals surface area contributed by atoms with E-state index in [-0.39, 0.29) is 36.2 Å². The van der Waals surface area contributed by atoms with E-state index < -0.39 is 33.4 Å². The van der Waals surface area contributed by atoms with Crippen molar-refractivity contribution in [1.29, 1.82) is 0 Å². The van der Waals surface area contributed by atoms with Crippen molar-refractivity contribution in [2.75, 3.05) is 30.3 Å². The first kappa shape index (κ1) is 25.3. The van der Waals surface area contributed by atoms with Gasteiger partial charge >= 0.3 is 6.18 Å². The molecule has 3 rings (SSSR count). The molecule has 34 heavy (non-hydrogen) atoms. The number of alkyl halides is 3. The third kappa shape index (κ3) is 4.80. The van der Waals surface area contributed by atoms with Crippen LogP contribution in [0.25, 0.3) is 0 Å². The van der Waals surface area contributed by atoms with E-state index >= 15 is 0 Å². The van der Waals surface area contributed by atoms with Crippen LogP contribution in [0.1, 0.15) is 19.4 Å². The Hall–Kier alpha value is -3.32. The average Bonchev–Trinajstić information content (AvgIpc) is 2.79. The molecule has 1 saturated heterocycles. The predicted octanol–water partition coefficient (Wildman–Crippen LogP) is 1.73. The predicted molar refractivity (Wildman–Crippen MR) is 120 cm³/mol. The molecule has 1 aliphatic rings. The molecule has 1 aliphatic heterocycles. The Labute approximate surface area is 195 Å². The molecule has 2 aromatic heterocycles. The first-order valence-electron chi connectivity index (χ1n) is 10.0. The number of aliphatic hydroxyl groups is 1. The van der Waals surface area contributed by atoms with Gasteiger partial charge in [-0.25, -0.2) is 18.4 Å². The second-order valence-corrected chi connectivity index (χ2v) is 9.31. The largest absolute Gasteiger partial charge is 0.433 e. The third-order valence-electron chi connectivity index (χ3n) is 5.23. The standard InChI is InChI=1S/C22H22F3N5O3S/c1-3-5-17-15-29(34(32,33)18-7-8-19(26)27-14-18)11-12-30(17)20-9-6-16(13-28-20)21(31,10-4-2)22(23,24)25/h6-9,13-14,17,31H,11-12,15H2,1-2H3,(H2,26,27)/t17-,21+/m0/s1. The molecule has 2 aromatic rings. The summed E-state index contributed by atoms with van der Waals surface area (Å²) in [6.07, 6.45) is -2.93. The number of pyridine rings is 2. The molecule has 0 radical (unpaired) electrons. The number of sulfonamides is 1. The van der Waals surface area contributed by atoms with Gasteiger partial charge in [0.2, 0.25) is 15.6 Å². The minimum atomic E-state index is -5.02. The van der Waals surface area contributed by atoms with Crippen LogP contribution in [0.2, 0.25) is 0 Å². The van der Waals surface area contributed by atoms with Gasteiger partial charge in [0, 0.05) is 37.6 Å². The minimum Gasteiger partial charge on any atom is -0.384 e. The van der Waals surface area contributed by atoms with Gasteiger partial charge in [0.1, 0.15) is 22.6 Å². The molecule has 8 nitrogen and oxygen atoms in total. The van der Waals surface area contributed by atoms with Crippen molar-refractivity contribution >= 4 is 21.7 Å². The second kappa shape index (κ2) is 9.50. The lowest BCUT2D eigenvalue weighted by Gasteiger charge is -2.39. The fourth-order valence-electron chi connectivity index (χ4n) is 3.49. The van der Waals surface area contributed by atoms with Crippen LogP contribution in [0.4, 0.5) is 24.8 Å². The van der Waals surface area contributed by atoms with Gasteiger partial charge in [0.25, 0.3) is 0 Å². The second-order valence-electron chi connectivity index (χ2n) is 7.37. The minimum absolute atomic E-state index is 0.00474. The quantitative estimate of drug-likeness (QED) is 0.624. The highest BCUT2D eigenvalue weighted by Crippen LogP contribution is 2.38. The topological polar surface area (TPSA) is 113 Å². The fraction of sp³-hybridized carbons (Fsp3) is 0.364. The van der Waals surface area contributed by atoms with E-state index in [2.05, 4.69) is 27.7 Å². The van der Waals surface area contributed by atoms with Gasteiger partial charge < -0.3 is 15.7 Å². The number of hydrogen-bond donors (Lipinski definition) is 2. The zero-order valence-electron chi connectivity index (χ0n) is 18.3. The molecule has 0 aliphatic carbocycles. The third-order valence-corrected chi connectivity index (χ3v) is 7.08. The highest BCUT2D eigenvalue weighted by molar-refractivity contribution is 7.89. The molecule has 12 heteroatoms. The molecule has 0 aromatic carbocycles. The summed E-state index contributed by atoms with van der Waals surface area (Å²) in [5, 5.41) is 10.1. The van der Waals surface area contributed by atoms with Crippen LogP contribution in [0.15, 0.2) is 41.6 Å². The molecule has 0 bridgehead atoms. The maximum Gasteiger partial charge on any atom is 0.433 e. The van der Waals surface area contributed by atoms with Crippen LogP contribution in [-0.4, -0.2) is 59.6 Å². The molecule has 0 spiro atoms. The Bertz CT molecular complexity index is 1260. The van der Waals surface area contributed by atoms with Crippen molar-refractivity contribution in [1.82, 2.24) is 14.3 Å². The van der Waals surface area contributed by atoms with E-state index in [0.29, 0.717) is 0 Å². The molecule has 3 N–H and O–H groups in total. The first-order valence-corrected chi connectivity index (χ1v) is 11.5. The summed E-state index contributed by atoms with van der Waals surface area (Å²) in [6.45, 7) is 3.07. The van der Waals surface area contributed by atoms with Crippen molar-refractivity contribution in [2.24, 2.45) is 0 Å². The molecule has 2 atom stereocenters. The molecule has 180 valence electrons. The molecule has 0 amide bonds. The van der Waals surface area contributed by atoms with Crippen LogP contribution < -0.4 is 10.6 Å². The lowest BCUT2D eigenvalue weighted by molar-refractivity contribution is -0.240. The summed E-state index contributed by atoms with van der Waals surface area (Å²) in [6, 6.07) is 4.57. The highest BCUT2D eigenvalue weighted by atomic mass is 32.2. The monoisotopic (exact) mass is 493 g/mol. The number of aromatic nitrogens is 2. The Kier molecular flexibility index (Phi) is 7.07. The van der Waals surface area contributed by atoms with Gasteiger partial charge in [0.15, 0.2) is 0 Å². The fourth-order valence-corrected chi connectivity index (χ4v) is 4.88. The number of piperazine rings is 1. The van der Waals surface area contributed by atoms with Crippen molar-refractivity contribution in [2.45, 2.75) is 36.6 Å². The zero-order valence-corrected chi connectivity index (χ0v) is 19.2. The van der Waals surface area contributed by atoms with Crippen molar-refractivity contribution < 1.29 is 26.7 Å². The normalized spacial score (nSPS) is 18.8. The van der Waals surface area contributed by atoms with Crippen LogP contribution in [-0.2, 0) is 15.6 Å². The number of nitrogens with two attached hydrogens (primary N) is 1. The summed E-state index contributed by atoms with van der Waals surface area (Å²) in [7, 11) is -3.86. The number of anilines is 2. The summed E-state index contributed by atoms with van der Waals surface area (Å²) < 4.78 is 67.6. The number of nitrogens with zero attached hydrogens (tertiary/aromatic N) is 4. The van der Waals surface area contributed by atoms with Crippen LogP contribution in [0, 0.1) is 23.7 Å². The summed E-state index contributed by atoms with van der Waals surface area (Å²) in [4.78, 5) is 9.61. The number of halogens is 3. The summed E-state index contributed by atoms with van der Waals surface area (Å²) >= 11 is 0. The lowest BCUT2D eigenvalue weighted by Crippen LogP contribution is -2.54. The maximum atomic E-state index is 13.4. The maximum absolute atomic E-state index is 13.4. The Balaban J connectivity index is 1.88. The summed E-state index contributed by atoms with van der Waals surface area (Å²) in [5.41, 5.74) is 1.66.